The van der Waals surface area contributed by atoms with Gasteiger partial charge in [-0.15, -0.1) is 0 Å². The van der Waals surface area contributed by atoms with Gasteiger partial charge >= 0.3 is 5.97 Å². The van der Waals surface area contributed by atoms with Crippen molar-refractivity contribution in [2.75, 3.05) is 34.9 Å². The van der Waals surface area contributed by atoms with E-state index < -0.39 is 90.5 Å². The average Bonchev–Trinajstić information content (AvgIpc) is 3.79. The highest BCUT2D eigenvalue weighted by Crippen LogP contribution is 2.61. The van der Waals surface area contributed by atoms with E-state index in [4.69, 9.17) is 59.0 Å². The van der Waals surface area contributed by atoms with E-state index in [9.17, 15) is 30.0 Å². The van der Waals surface area contributed by atoms with Gasteiger partial charge < -0.3 is 78.0 Å². The van der Waals surface area contributed by atoms with Crippen molar-refractivity contribution >= 4 is 34.2 Å². The van der Waals surface area contributed by atoms with Gasteiger partial charge in [-0.2, -0.15) is 0 Å². The zero-order valence-corrected chi connectivity index (χ0v) is 40.6. The Morgan fingerprint density at radius 1 is 1.01 bits per heavy atom. The second-order valence-electron chi connectivity index (χ2n) is 19.3. The number of aromatic nitrogens is 1. The van der Waals surface area contributed by atoms with Crippen LogP contribution in [-0.4, -0.2) is 168 Å². The van der Waals surface area contributed by atoms with Crippen LogP contribution in [0.25, 0.3) is 10.8 Å². The molecule has 7 aliphatic rings. The van der Waals surface area contributed by atoms with E-state index >= 15 is 0 Å². The molecule has 19 nitrogen and oxygen atoms in total. The molecule has 3 fully saturated rings. The van der Waals surface area contributed by atoms with Crippen LogP contribution in [0.3, 0.4) is 0 Å². The number of phenols is 1. The highest BCUT2D eigenvalue weighted by molar-refractivity contribution is 6.30. The molecule has 6 heterocycles. The predicted octanol–water partition coefficient (Wildman–Crippen LogP) is 3.50. The smallest absolute Gasteiger partial charge is 0.329 e. The summed E-state index contributed by atoms with van der Waals surface area (Å²) in [4.78, 5) is 35.2. The maximum absolute atomic E-state index is 14.5. The number of carbonyl (C=O) groups excluding carboxylic acids is 2. The molecule has 374 valence electrons. The van der Waals surface area contributed by atoms with Gasteiger partial charge in [0.2, 0.25) is 5.75 Å². The van der Waals surface area contributed by atoms with Gasteiger partial charge in [-0.25, -0.2) is 9.78 Å². The zero-order chi connectivity index (χ0) is 49.4. The van der Waals surface area contributed by atoms with Crippen LogP contribution in [0, 0.1) is 0 Å². The minimum atomic E-state index is -1.52. The summed E-state index contributed by atoms with van der Waals surface area (Å²) in [6, 6.07) is 5.99. The number of phenolic OH excluding ortho intramolecular Hbond substituents is 1. The number of methoxy groups -OCH3 is 2. The molecule has 1 aromatic heterocycles. The number of epoxide rings is 1. The van der Waals surface area contributed by atoms with Crippen molar-refractivity contribution in [2.24, 2.45) is 0 Å². The molecule has 1 spiro atoms. The molecule has 10 rings (SSSR count). The molecule has 2 unspecified atom stereocenters. The number of aliphatic hydroxyl groups excluding tert-OH is 2. The van der Waals surface area contributed by atoms with Gasteiger partial charge in [-0.1, -0.05) is 11.6 Å². The lowest BCUT2D eigenvalue weighted by Gasteiger charge is -2.43. The van der Waals surface area contributed by atoms with Gasteiger partial charge in [0.1, 0.15) is 48.9 Å². The Balaban J connectivity index is 1.06. The number of rotatable bonds is 11. The quantitative estimate of drug-likeness (QED) is 0.105. The van der Waals surface area contributed by atoms with E-state index in [0.29, 0.717) is 27.7 Å². The first-order valence-electron chi connectivity index (χ1n) is 23.1. The van der Waals surface area contributed by atoms with Crippen molar-refractivity contribution in [3.63, 3.8) is 0 Å². The lowest BCUT2D eigenvalue weighted by Crippen LogP contribution is -2.57. The third kappa shape index (κ3) is 9.11. The number of hydrogen-bond donors (Lipinski definition) is 5. The molecule has 5 N–H and O–H groups in total. The SMILES string of the molecule is COc1c(OC(C)C)cc2cc(O)c(C(=O)NC3Cc4ccc(c(Cl)n4)O[C@H]4C=C5C(=C[C@@H]6O[C@]56[C@@H]4O[C@H]4C[C@@](C)(O)[C@@H](O)[C@H](C)O4)C(O[C@H]4C[C@H](O)[C@H](N(C)C)[C@H](C)O4)COC3=O)cc2c1OC. The van der Waals surface area contributed by atoms with E-state index in [-0.39, 0.29) is 77.4 Å². The first-order valence-corrected chi connectivity index (χ1v) is 23.5. The number of benzene rings is 2. The number of ether oxygens (including phenoxy) is 10. The summed E-state index contributed by atoms with van der Waals surface area (Å²) in [5.41, 5.74) is -1.33. The molecular weight excluding hydrogens is 922 g/mol. The molecule has 4 bridgehead atoms. The van der Waals surface area contributed by atoms with Crippen LogP contribution in [0.15, 0.2) is 53.6 Å². The van der Waals surface area contributed by atoms with Crippen LogP contribution in [-0.2, 0) is 39.6 Å². The van der Waals surface area contributed by atoms with E-state index in [1.807, 2.05) is 51.9 Å². The Labute approximate surface area is 404 Å². The fourth-order valence-electron chi connectivity index (χ4n) is 10.5. The number of aliphatic hydroxyl groups is 3. The van der Waals surface area contributed by atoms with Crippen molar-refractivity contribution in [3.8, 4) is 28.7 Å². The monoisotopic (exact) mass is 981 g/mol. The van der Waals surface area contributed by atoms with Gasteiger partial charge in [0, 0.05) is 30.3 Å². The molecule has 0 radical (unpaired) electrons. The Hall–Kier alpha value is -4.80. The fraction of sp³-hybridized carbons (Fsp3) is 0.571. The zero-order valence-electron chi connectivity index (χ0n) is 39.8. The number of hydrogen-bond acceptors (Lipinski definition) is 18. The van der Waals surface area contributed by atoms with Crippen LogP contribution in [0.2, 0.25) is 5.15 Å². The Bertz CT molecular complexity index is 2540. The van der Waals surface area contributed by atoms with Crippen molar-refractivity contribution in [1.29, 1.82) is 0 Å². The van der Waals surface area contributed by atoms with Crippen molar-refractivity contribution in [1.82, 2.24) is 15.2 Å². The summed E-state index contributed by atoms with van der Waals surface area (Å²) >= 11 is 6.83. The summed E-state index contributed by atoms with van der Waals surface area (Å²) in [6.45, 7) is 8.34. The van der Waals surface area contributed by atoms with E-state index in [2.05, 4.69) is 10.3 Å². The number of pyridine rings is 1. The standard InChI is InChI=1S/C49H60ClN3O16/c1-21(2)63-34-13-24-12-31(54)28(15-26(24)41(60-8)42(34)61-9)46(57)52-30-14-25-10-11-33(45(50)51-25)66-35-17-29-27(36(20-62-47(30)58)67-38-18-32(55)40(53(6)7)22(3)64-38)16-37-49(29,69-37)44(35)68-39-19-48(5,59)43(56)23(4)65-39/h10-13,15-17,21-23,30,32,35-40,43-44,54-56,59H,14,18-20H2,1-9H3,(H,52,57)/t22-,23-,30?,32-,35-,36?,37-,38-,39-,40+,43-,44+,48+,49+/m0/s1. The summed E-state index contributed by atoms with van der Waals surface area (Å²) in [5.74, 6) is -0.967. The van der Waals surface area contributed by atoms with Crippen LogP contribution in [0.1, 0.15) is 63.5 Å². The molecular formula is C49H60ClN3O16. The Kier molecular flexibility index (Phi) is 13.4. The Morgan fingerprint density at radius 2 is 1.75 bits per heavy atom. The minimum absolute atomic E-state index is 0.0555. The molecule has 2 aliphatic carbocycles. The maximum atomic E-state index is 14.5. The molecule has 2 aromatic carbocycles. The van der Waals surface area contributed by atoms with Crippen molar-refractivity contribution in [3.05, 3.63) is 70.0 Å². The van der Waals surface area contributed by atoms with Crippen LogP contribution < -0.4 is 24.3 Å². The summed E-state index contributed by atoms with van der Waals surface area (Å²) in [5, 5.41) is 48.0. The summed E-state index contributed by atoms with van der Waals surface area (Å²) in [6.07, 6.45) is -5.10. The third-order valence-electron chi connectivity index (χ3n) is 13.7. The number of nitrogens with zero attached hydrogens (tertiary/aromatic N) is 2. The normalized spacial score (nSPS) is 35.1. The fourth-order valence-corrected chi connectivity index (χ4v) is 10.7. The minimum Gasteiger partial charge on any atom is -0.507 e. The number of carbonyl (C=O) groups is 2. The van der Waals surface area contributed by atoms with Crippen LogP contribution in [0.4, 0.5) is 0 Å². The van der Waals surface area contributed by atoms with Crippen molar-refractivity contribution in [2.45, 2.75) is 145 Å². The number of aromatic hydroxyl groups is 1. The van der Waals surface area contributed by atoms with E-state index in [0.717, 1.165) is 0 Å². The summed E-state index contributed by atoms with van der Waals surface area (Å²) < 4.78 is 62.2. The Morgan fingerprint density at radius 3 is 2.42 bits per heavy atom. The molecule has 20 heteroatoms. The topological polar surface area (TPSA) is 239 Å². The average molecular weight is 982 g/mol. The van der Waals surface area contributed by atoms with Crippen LogP contribution >= 0.6 is 11.6 Å². The van der Waals surface area contributed by atoms with Gasteiger partial charge in [0.15, 0.2) is 40.6 Å². The maximum Gasteiger partial charge on any atom is 0.329 e. The molecule has 1 amide bonds. The number of halogens is 1. The van der Waals surface area contributed by atoms with Gasteiger partial charge in [-0.3, -0.25) is 4.79 Å². The number of esters is 1. The van der Waals surface area contributed by atoms with Gasteiger partial charge in [0.05, 0.1) is 55.8 Å². The largest absolute Gasteiger partial charge is 0.507 e. The second-order valence-corrected chi connectivity index (χ2v) is 19.6. The first kappa shape index (κ1) is 49.2. The van der Waals surface area contributed by atoms with Crippen molar-refractivity contribution < 1.29 is 77.4 Å². The molecule has 5 aliphatic heterocycles. The second kappa shape index (κ2) is 18.7. The summed E-state index contributed by atoms with van der Waals surface area (Å²) in [7, 11) is 6.62. The number of nitrogens with one attached hydrogen (secondary N) is 1. The molecule has 14 atom stereocenters. The molecule has 3 aromatic rings. The van der Waals surface area contributed by atoms with Gasteiger partial charge in [0.25, 0.3) is 5.91 Å². The lowest BCUT2D eigenvalue weighted by molar-refractivity contribution is -0.290. The predicted molar refractivity (Wildman–Crippen MR) is 246 cm³/mol. The number of fused-ring (bicyclic) bond motifs is 8. The van der Waals surface area contributed by atoms with E-state index in [1.54, 1.807) is 25.1 Å². The lowest BCUT2D eigenvalue weighted by atomic mass is 9.88. The van der Waals surface area contributed by atoms with Crippen LogP contribution in [0.5, 0.6) is 28.7 Å². The molecule has 0 saturated carbocycles. The first-order chi connectivity index (χ1) is 32.7. The van der Waals surface area contributed by atoms with E-state index in [1.165, 1.54) is 33.3 Å². The number of amides is 1. The molecule has 69 heavy (non-hydrogen) atoms. The van der Waals surface area contributed by atoms with Gasteiger partial charge in [-0.05, 0) is 108 Å². The molecule has 3 saturated heterocycles. The number of likely N-dealkylation sites (N-methyl/N-ethyl adjacent to an activating group) is 1. The third-order valence-corrected chi connectivity index (χ3v) is 14.0. The highest BCUT2D eigenvalue weighted by atomic mass is 35.5. The highest BCUT2D eigenvalue weighted by Gasteiger charge is 2.73.